The Morgan fingerprint density at radius 3 is 1.49 bits per heavy atom. The summed E-state index contributed by atoms with van der Waals surface area (Å²) in [5.74, 6) is 2.28. The maximum absolute atomic E-state index is 6.53. The molecule has 0 aliphatic carbocycles. The topological polar surface area (TPSA) is 74.6 Å². The fourth-order valence-electron chi connectivity index (χ4n) is 8.48. The molecule has 7 nitrogen and oxygen atoms in total. The van der Waals surface area contributed by atoms with Crippen LogP contribution in [0.3, 0.4) is 0 Å². The monoisotopic (exact) mass is 756 g/mol. The van der Waals surface area contributed by atoms with Crippen LogP contribution in [0.5, 0.6) is 0 Å². The Hall–Kier alpha value is -8.16. The summed E-state index contributed by atoms with van der Waals surface area (Å²) in [5, 5.41) is 4.73. The predicted octanol–water partition coefficient (Wildman–Crippen LogP) is 12.9. The Kier molecular flexibility index (Phi) is 7.40. The molecule has 12 aromatic rings. The average molecular weight is 757 g/mol. The molecule has 276 valence electrons. The highest BCUT2D eigenvalue weighted by atomic mass is 16.3. The van der Waals surface area contributed by atoms with Gasteiger partial charge in [0.1, 0.15) is 5.52 Å². The molecule has 0 spiro atoms. The van der Waals surface area contributed by atoms with Crippen LogP contribution >= 0.6 is 0 Å². The van der Waals surface area contributed by atoms with Crippen molar-refractivity contribution in [3.63, 3.8) is 0 Å². The molecule has 0 atom stereocenters. The van der Waals surface area contributed by atoms with Gasteiger partial charge in [0, 0.05) is 55.2 Å². The summed E-state index contributed by atoms with van der Waals surface area (Å²) in [4.78, 5) is 20.1. The van der Waals surface area contributed by atoms with Crippen LogP contribution in [0.4, 0.5) is 0 Å². The zero-order chi connectivity index (χ0) is 38.9. The molecule has 0 saturated heterocycles. The molecule has 0 N–H and O–H groups in total. The molecule has 59 heavy (non-hydrogen) atoms. The molecule has 4 heterocycles. The van der Waals surface area contributed by atoms with Crippen LogP contribution in [-0.2, 0) is 0 Å². The summed E-state index contributed by atoms with van der Waals surface area (Å²) in [6.45, 7) is 0. The van der Waals surface area contributed by atoms with Crippen molar-refractivity contribution in [2.24, 2.45) is 0 Å². The van der Waals surface area contributed by atoms with Crippen molar-refractivity contribution >= 4 is 54.7 Å². The minimum Gasteiger partial charge on any atom is -0.436 e. The first-order valence-corrected chi connectivity index (χ1v) is 19.6. The van der Waals surface area contributed by atoms with Crippen molar-refractivity contribution in [1.82, 2.24) is 29.1 Å². The first kappa shape index (κ1) is 33.0. The lowest BCUT2D eigenvalue weighted by Crippen LogP contribution is -2.00. The van der Waals surface area contributed by atoms with Crippen LogP contribution in [0.2, 0.25) is 0 Å². The number of hydrogen-bond donors (Lipinski definition) is 0. The molecule has 0 unspecified atom stereocenters. The second-order valence-corrected chi connectivity index (χ2v) is 14.7. The zero-order valence-electron chi connectivity index (χ0n) is 31.6. The van der Waals surface area contributed by atoms with Gasteiger partial charge in [0.15, 0.2) is 23.1 Å². The molecule has 0 amide bonds. The summed E-state index contributed by atoms with van der Waals surface area (Å²) in [6, 6.07) is 66.9. The van der Waals surface area contributed by atoms with Gasteiger partial charge in [-0.15, -0.1) is 0 Å². The second kappa shape index (κ2) is 13.2. The van der Waals surface area contributed by atoms with E-state index in [4.69, 9.17) is 24.4 Å². The number of fused-ring (bicyclic) bond motifs is 7. The number of oxazole rings is 1. The summed E-state index contributed by atoms with van der Waals surface area (Å²) in [5.41, 5.74) is 11.6. The Balaban J connectivity index is 0.965. The van der Waals surface area contributed by atoms with Gasteiger partial charge in [-0.05, 0) is 84.9 Å². The normalized spacial score (nSPS) is 11.7. The van der Waals surface area contributed by atoms with Crippen LogP contribution < -0.4 is 0 Å². The van der Waals surface area contributed by atoms with Crippen molar-refractivity contribution in [3.05, 3.63) is 194 Å². The quantitative estimate of drug-likeness (QED) is 0.169. The predicted molar refractivity (Wildman–Crippen MR) is 238 cm³/mol. The number of aromatic nitrogens is 6. The van der Waals surface area contributed by atoms with Gasteiger partial charge in [-0.3, -0.25) is 0 Å². The molecule has 0 fully saturated rings. The third-order valence-corrected chi connectivity index (χ3v) is 11.2. The zero-order valence-corrected chi connectivity index (χ0v) is 31.6. The summed E-state index contributed by atoms with van der Waals surface area (Å²) >= 11 is 0. The van der Waals surface area contributed by atoms with E-state index >= 15 is 0 Å². The Morgan fingerprint density at radius 2 is 0.814 bits per heavy atom. The lowest BCUT2D eigenvalue weighted by molar-refractivity contribution is 0.620. The van der Waals surface area contributed by atoms with Crippen molar-refractivity contribution in [3.8, 4) is 57.0 Å². The van der Waals surface area contributed by atoms with E-state index in [0.717, 1.165) is 72.0 Å². The molecule has 7 heteroatoms. The van der Waals surface area contributed by atoms with Gasteiger partial charge in [-0.25, -0.2) is 19.9 Å². The van der Waals surface area contributed by atoms with Crippen molar-refractivity contribution < 1.29 is 4.42 Å². The van der Waals surface area contributed by atoms with Gasteiger partial charge in [-0.2, -0.15) is 0 Å². The van der Waals surface area contributed by atoms with Gasteiger partial charge in [0.25, 0.3) is 0 Å². The first-order valence-electron chi connectivity index (χ1n) is 19.6. The highest BCUT2D eigenvalue weighted by molar-refractivity contribution is 6.11. The Labute approximate surface area is 338 Å². The van der Waals surface area contributed by atoms with Crippen LogP contribution in [0.25, 0.3) is 112 Å². The maximum atomic E-state index is 6.53. The van der Waals surface area contributed by atoms with Crippen LogP contribution in [0.15, 0.2) is 199 Å². The lowest BCUT2D eigenvalue weighted by atomic mass is 10.1. The Morgan fingerprint density at radius 1 is 0.322 bits per heavy atom. The molecule has 4 aromatic heterocycles. The SMILES string of the molecule is c1ccc(-c2nc(-c3ccc4nc(-c5cccc(-n6c7ccccc7c7ccccc76)c5)oc4c3)nc(-c3ccc4c(c3)c3ccccc3n4-c3ccccc3)n2)cc1. The number of hydrogen-bond acceptors (Lipinski definition) is 5. The van der Waals surface area contributed by atoms with E-state index in [9.17, 15) is 0 Å². The van der Waals surface area contributed by atoms with E-state index in [-0.39, 0.29) is 0 Å². The van der Waals surface area contributed by atoms with Crippen molar-refractivity contribution in [2.75, 3.05) is 0 Å². The fourth-order valence-corrected chi connectivity index (χ4v) is 8.48. The number of para-hydroxylation sites is 4. The third-order valence-electron chi connectivity index (χ3n) is 11.2. The van der Waals surface area contributed by atoms with Gasteiger partial charge < -0.3 is 13.6 Å². The van der Waals surface area contributed by atoms with Crippen LogP contribution in [-0.4, -0.2) is 29.1 Å². The Bertz CT molecular complexity index is 3510. The fraction of sp³-hybridized carbons (Fsp3) is 0. The molecule has 12 rings (SSSR count). The van der Waals surface area contributed by atoms with Crippen LogP contribution in [0.1, 0.15) is 0 Å². The summed E-state index contributed by atoms with van der Waals surface area (Å²) in [7, 11) is 0. The molecule has 0 radical (unpaired) electrons. The largest absolute Gasteiger partial charge is 0.436 e. The first-order chi connectivity index (χ1) is 29.2. The standard InChI is InChI=1S/C52H32N6O/c1-3-14-33(15-4-1)49-54-50(34-27-29-47-42(31-34)41-22-9-12-25-46(41)57(47)37-17-5-2-6-18-37)56-51(55-49)35-26-28-43-48(32-35)59-52(53-43)36-16-13-19-38(30-36)58-44-23-10-7-20-39(44)40-21-8-11-24-45(40)58/h1-32H. The minimum absolute atomic E-state index is 0.545. The van der Waals surface area contributed by atoms with E-state index in [1.165, 1.54) is 10.8 Å². The van der Waals surface area contributed by atoms with E-state index < -0.39 is 0 Å². The third kappa shape index (κ3) is 5.44. The molecular weight excluding hydrogens is 725 g/mol. The highest BCUT2D eigenvalue weighted by Gasteiger charge is 2.19. The number of rotatable bonds is 6. The summed E-state index contributed by atoms with van der Waals surface area (Å²) in [6.07, 6.45) is 0. The number of nitrogens with zero attached hydrogens (tertiary/aromatic N) is 6. The van der Waals surface area contributed by atoms with E-state index in [1.54, 1.807) is 0 Å². The highest BCUT2D eigenvalue weighted by Crippen LogP contribution is 2.37. The molecule has 0 saturated carbocycles. The van der Waals surface area contributed by atoms with Gasteiger partial charge >= 0.3 is 0 Å². The van der Waals surface area contributed by atoms with Crippen molar-refractivity contribution in [1.29, 1.82) is 0 Å². The maximum Gasteiger partial charge on any atom is 0.227 e. The van der Waals surface area contributed by atoms with E-state index in [2.05, 4.69) is 143 Å². The van der Waals surface area contributed by atoms with Crippen LogP contribution in [0, 0.1) is 0 Å². The van der Waals surface area contributed by atoms with Gasteiger partial charge in [-0.1, -0.05) is 109 Å². The van der Waals surface area contributed by atoms with Crippen molar-refractivity contribution in [2.45, 2.75) is 0 Å². The molecule has 0 bridgehead atoms. The smallest absolute Gasteiger partial charge is 0.227 e. The van der Waals surface area contributed by atoms with Gasteiger partial charge in [0.05, 0.1) is 22.1 Å². The lowest BCUT2D eigenvalue weighted by Gasteiger charge is -2.09. The van der Waals surface area contributed by atoms with Gasteiger partial charge in [0.2, 0.25) is 5.89 Å². The summed E-state index contributed by atoms with van der Waals surface area (Å²) < 4.78 is 11.1. The minimum atomic E-state index is 0.545. The average Bonchev–Trinajstić information content (AvgIpc) is 3.99. The van der Waals surface area contributed by atoms with E-state index in [0.29, 0.717) is 28.9 Å². The molecular formula is C52H32N6O. The van der Waals surface area contributed by atoms with E-state index in [1.807, 2.05) is 60.7 Å². The second-order valence-electron chi connectivity index (χ2n) is 14.7. The number of benzene rings is 8. The molecule has 0 aliphatic heterocycles. The molecule has 8 aromatic carbocycles. The molecule has 0 aliphatic rings.